The van der Waals surface area contributed by atoms with E-state index in [1.54, 1.807) is 0 Å². The lowest BCUT2D eigenvalue weighted by Crippen LogP contribution is -2.14. The lowest BCUT2D eigenvalue weighted by Gasteiger charge is -2.20. The Labute approximate surface area is 88.1 Å². The fourth-order valence-corrected chi connectivity index (χ4v) is 1.78. The molecule has 0 saturated carbocycles. The second-order valence-electron chi connectivity index (χ2n) is 5.95. The van der Waals surface area contributed by atoms with E-state index >= 15 is 0 Å². The molecule has 0 aliphatic carbocycles. The van der Waals surface area contributed by atoms with Crippen molar-refractivity contribution in [3.63, 3.8) is 0 Å². The molecule has 0 rings (SSSR count). The largest absolute Gasteiger partial charge is 0.319 e. The summed E-state index contributed by atoms with van der Waals surface area (Å²) >= 11 is 0. The molecule has 4 heteroatoms. The van der Waals surface area contributed by atoms with Crippen molar-refractivity contribution < 1.29 is 13.6 Å². The molecule has 0 heterocycles. The number of rotatable bonds is 4. The summed E-state index contributed by atoms with van der Waals surface area (Å²) in [4.78, 5) is 0. The summed E-state index contributed by atoms with van der Waals surface area (Å²) < 4.78 is 21.5. The van der Waals surface area contributed by atoms with Gasteiger partial charge < -0.3 is 9.05 Å². The summed E-state index contributed by atoms with van der Waals surface area (Å²) in [5, 5.41) is 0. The molecule has 0 spiro atoms. The molecule has 0 aliphatic heterocycles. The van der Waals surface area contributed by atoms with Crippen LogP contribution in [0, 0.1) is 10.8 Å². The van der Waals surface area contributed by atoms with Crippen LogP contribution in [0.25, 0.3) is 0 Å². The van der Waals surface area contributed by atoms with Crippen LogP contribution < -0.4 is 0 Å². The molecule has 86 valence electrons. The molecule has 0 aromatic rings. The van der Waals surface area contributed by atoms with Gasteiger partial charge in [-0.05, 0) is 10.8 Å². The van der Waals surface area contributed by atoms with Gasteiger partial charge in [-0.3, -0.25) is 4.57 Å². The first-order valence-electron chi connectivity index (χ1n) is 4.90. The zero-order valence-corrected chi connectivity index (χ0v) is 11.1. The highest BCUT2D eigenvalue weighted by molar-refractivity contribution is 7.33. The van der Waals surface area contributed by atoms with Crippen molar-refractivity contribution in [3.05, 3.63) is 0 Å². The minimum Gasteiger partial charge on any atom is -0.310 e. The Bertz CT molecular complexity index is 169. The fraction of sp³-hybridized carbons (Fsp3) is 1.00. The summed E-state index contributed by atoms with van der Waals surface area (Å²) in [6, 6.07) is 0. The lowest BCUT2D eigenvalue weighted by molar-refractivity contribution is 0.137. The van der Waals surface area contributed by atoms with E-state index in [2.05, 4.69) is 0 Å². The van der Waals surface area contributed by atoms with Crippen molar-refractivity contribution in [2.45, 2.75) is 41.5 Å². The van der Waals surface area contributed by atoms with Gasteiger partial charge in [0.15, 0.2) is 0 Å². The maximum Gasteiger partial charge on any atom is 0.319 e. The van der Waals surface area contributed by atoms with Crippen LogP contribution in [-0.4, -0.2) is 13.2 Å². The molecule has 0 aromatic carbocycles. The summed E-state index contributed by atoms with van der Waals surface area (Å²) in [5.74, 6) is 0. The third-order valence-electron chi connectivity index (χ3n) is 1.25. The summed E-state index contributed by atoms with van der Waals surface area (Å²) in [5.41, 5.74) is 0.0663. The van der Waals surface area contributed by atoms with Gasteiger partial charge in [0.1, 0.15) is 0 Å². The predicted molar refractivity (Wildman–Crippen MR) is 59.8 cm³/mol. The van der Waals surface area contributed by atoms with Crippen molar-refractivity contribution in [1.82, 2.24) is 0 Å². The molecule has 0 unspecified atom stereocenters. The van der Waals surface area contributed by atoms with E-state index in [0.29, 0.717) is 13.2 Å². The minimum absolute atomic E-state index is 0.0332. The maximum atomic E-state index is 11.3. The smallest absolute Gasteiger partial charge is 0.310 e. The van der Waals surface area contributed by atoms with Gasteiger partial charge in [-0.1, -0.05) is 41.5 Å². The van der Waals surface area contributed by atoms with Crippen LogP contribution in [-0.2, 0) is 13.6 Å². The van der Waals surface area contributed by atoms with Crippen LogP contribution in [0.1, 0.15) is 41.5 Å². The second kappa shape index (κ2) is 5.29. The Balaban J connectivity index is 3.68. The average Bonchev–Trinajstić information content (AvgIpc) is 1.94. The Morgan fingerprint density at radius 1 is 0.857 bits per heavy atom. The van der Waals surface area contributed by atoms with E-state index in [9.17, 15) is 4.57 Å². The van der Waals surface area contributed by atoms with Crippen molar-refractivity contribution in [2.24, 2.45) is 10.8 Å². The van der Waals surface area contributed by atoms with Crippen molar-refractivity contribution in [1.29, 1.82) is 0 Å². The van der Waals surface area contributed by atoms with Gasteiger partial charge in [-0.2, -0.15) is 0 Å². The molecule has 0 N–H and O–H groups in total. The lowest BCUT2D eigenvalue weighted by atomic mass is 9.99. The van der Waals surface area contributed by atoms with Crippen LogP contribution in [0.2, 0.25) is 0 Å². The fourth-order valence-electron chi connectivity index (χ4n) is 0.593. The van der Waals surface area contributed by atoms with Gasteiger partial charge in [0.25, 0.3) is 0 Å². The van der Waals surface area contributed by atoms with Crippen LogP contribution in [0.3, 0.4) is 0 Å². The first-order valence-corrected chi connectivity index (χ1v) is 6.12. The van der Waals surface area contributed by atoms with Gasteiger partial charge >= 0.3 is 8.25 Å². The molecule has 0 amide bonds. The van der Waals surface area contributed by atoms with E-state index in [4.69, 9.17) is 9.05 Å². The molecule has 0 bridgehead atoms. The summed E-state index contributed by atoms with van der Waals surface area (Å²) in [7, 11) is -2.31. The highest BCUT2D eigenvalue weighted by Crippen LogP contribution is 2.30. The van der Waals surface area contributed by atoms with Crippen molar-refractivity contribution >= 4 is 8.25 Å². The van der Waals surface area contributed by atoms with Gasteiger partial charge in [-0.25, -0.2) is 0 Å². The first-order chi connectivity index (χ1) is 6.10. The quantitative estimate of drug-likeness (QED) is 0.683. The Hall–Kier alpha value is 0.150. The molecule has 0 aromatic heterocycles. The Morgan fingerprint density at radius 3 is 1.36 bits per heavy atom. The highest BCUT2D eigenvalue weighted by atomic mass is 31.1. The molecule has 3 nitrogen and oxygen atoms in total. The van der Waals surface area contributed by atoms with E-state index in [1.165, 1.54) is 0 Å². The van der Waals surface area contributed by atoms with Crippen LogP contribution in [0.4, 0.5) is 0 Å². The van der Waals surface area contributed by atoms with Crippen LogP contribution in [0.5, 0.6) is 0 Å². The molecular formula is C10H23O3P. The van der Waals surface area contributed by atoms with Crippen molar-refractivity contribution in [3.8, 4) is 0 Å². The number of hydrogen-bond donors (Lipinski definition) is 0. The molecular weight excluding hydrogens is 199 g/mol. The van der Waals surface area contributed by atoms with Crippen LogP contribution in [0.15, 0.2) is 0 Å². The third-order valence-corrected chi connectivity index (χ3v) is 2.01. The predicted octanol–water partition coefficient (Wildman–Crippen LogP) is 3.50. The Kier molecular flexibility index (Phi) is 5.35. The Morgan fingerprint density at radius 2 is 1.14 bits per heavy atom. The standard InChI is InChI=1S/C10H23O3P/c1-9(2,3)7-12-14(11)13-8-10(4,5)6/h14H,7-8H2,1-6H3. The number of hydrogen-bond acceptors (Lipinski definition) is 3. The van der Waals surface area contributed by atoms with E-state index in [0.717, 1.165) is 0 Å². The molecule has 0 aliphatic rings. The summed E-state index contributed by atoms with van der Waals surface area (Å²) in [6.07, 6.45) is 0. The summed E-state index contributed by atoms with van der Waals surface area (Å²) in [6.45, 7) is 13.1. The highest BCUT2D eigenvalue weighted by Gasteiger charge is 2.15. The van der Waals surface area contributed by atoms with Gasteiger partial charge in [-0.15, -0.1) is 0 Å². The van der Waals surface area contributed by atoms with E-state index in [1.807, 2.05) is 41.5 Å². The SMILES string of the molecule is CC(C)(C)CO[PH](=O)OCC(C)(C)C. The van der Waals surface area contributed by atoms with Gasteiger partial charge in [0.05, 0.1) is 13.2 Å². The first kappa shape index (κ1) is 14.2. The minimum atomic E-state index is -2.31. The van der Waals surface area contributed by atoms with Crippen LogP contribution >= 0.6 is 8.25 Å². The zero-order valence-electron chi connectivity index (χ0n) is 10.1. The van der Waals surface area contributed by atoms with Gasteiger partial charge in [0, 0.05) is 0 Å². The molecule has 14 heavy (non-hydrogen) atoms. The average molecular weight is 222 g/mol. The van der Waals surface area contributed by atoms with Gasteiger partial charge in [0.2, 0.25) is 0 Å². The normalized spacial score (nSPS) is 13.6. The molecule has 0 saturated heterocycles. The maximum absolute atomic E-state index is 11.3. The van der Waals surface area contributed by atoms with E-state index < -0.39 is 8.25 Å². The zero-order chi connectivity index (χ0) is 11.4. The van der Waals surface area contributed by atoms with Crippen molar-refractivity contribution in [2.75, 3.05) is 13.2 Å². The second-order valence-corrected chi connectivity index (χ2v) is 7.03. The molecule has 0 radical (unpaired) electrons. The monoisotopic (exact) mass is 222 g/mol. The molecule has 0 atom stereocenters. The third kappa shape index (κ3) is 10.2. The van der Waals surface area contributed by atoms with E-state index in [-0.39, 0.29) is 10.8 Å². The molecule has 0 fully saturated rings. The topological polar surface area (TPSA) is 35.5 Å².